The first-order chi connectivity index (χ1) is 6.83. The van der Waals surface area contributed by atoms with E-state index in [0.29, 0.717) is 12.8 Å². The molecule has 0 atom stereocenters. The summed E-state index contributed by atoms with van der Waals surface area (Å²) < 4.78 is 58.6. The summed E-state index contributed by atoms with van der Waals surface area (Å²) in [7, 11) is -5.17. The number of hydrogen-bond acceptors (Lipinski definition) is 3. The van der Waals surface area contributed by atoms with Crippen molar-refractivity contribution in [3.05, 3.63) is 0 Å². The molecule has 1 fully saturated rings. The molecule has 1 rings (SSSR count). The van der Waals surface area contributed by atoms with Gasteiger partial charge in [-0.15, -0.1) is 12.4 Å². The third kappa shape index (κ3) is 4.44. The molecule has 0 aromatic rings. The van der Waals surface area contributed by atoms with E-state index >= 15 is 0 Å². The number of alkyl halides is 3. The van der Waals surface area contributed by atoms with Gasteiger partial charge in [0, 0.05) is 6.54 Å². The summed E-state index contributed by atoms with van der Waals surface area (Å²) >= 11 is 0. The highest BCUT2D eigenvalue weighted by atomic mass is 35.5. The molecule has 0 saturated carbocycles. The van der Waals surface area contributed by atoms with Crippen LogP contribution in [0.2, 0.25) is 0 Å². The van der Waals surface area contributed by atoms with Crippen LogP contribution in [0.15, 0.2) is 0 Å². The van der Waals surface area contributed by atoms with Crippen molar-refractivity contribution in [1.82, 2.24) is 10.0 Å². The van der Waals surface area contributed by atoms with Gasteiger partial charge >= 0.3 is 15.5 Å². The van der Waals surface area contributed by atoms with Crippen molar-refractivity contribution >= 4 is 22.4 Å². The maximum Gasteiger partial charge on any atom is 0.511 e. The fourth-order valence-corrected chi connectivity index (χ4v) is 2.01. The van der Waals surface area contributed by atoms with E-state index in [2.05, 4.69) is 5.32 Å². The minimum absolute atomic E-state index is 0. The summed E-state index contributed by atoms with van der Waals surface area (Å²) in [6.07, 6.45) is 1.39. The van der Waals surface area contributed by atoms with E-state index in [1.165, 1.54) is 0 Å². The standard InChI is InChI=1S/C7H13F3N2O2S.ClH/c8-7(9,10)15(13,14)12-5-6-1-3-11-4-2-6;/h6,11-12H,1-5H2;1H. The molecule has 9 heteroatoms. The second kappa shape index (κ2) is 6.04. The van der Waals surface area contributed by atoms with Crippen LogP contribution in [0.4, 0.5) is 13.2 Å². The van der Waals surface area contributed by atoms with Gasteiger partial charge in [0.25, 0.3) is 0 Å². The van der Waals surface area contributed by atoms with Gasteiger partial charge in [-0.3, -0.25) is 0 Å². The highest BCUT2D eigenvalue weighted by molar-refractivity contribution is 7.90. The Hall–Kier alpha value is -0.0500. The van der Waals surface area contributed by atoms with Crippen molar-refractivity contribution < 1.29 is 21.6 Å². The maximum atomic E-state index is 11.9. The third-order valence-electron chi connectivity index (χ3n) is 2.33. The topological polar surface area (TPSA) is 58.2 Å². The lowest BCUT2D eigenvalue weighted by molar-refractivity contribution is -0.0448. The molecular formula is C7H14ClF3N2O2S. The van der Waals surface area contributed by atoms with Crippen LogP contribution in [-0.4, -0.2) is 33.6 Å². The minimum Gasteiger partial charge on any atom is -0.317 e. The molecule has 1 aliphatic rings. The van der Waals surface area contributed by atoms with Crippen LogP contribution in [0, 0.1) is 5.92 Å². The van der Waals surface area contributed by atoms with Crippen LogP contribution in [0.5, 0.6) is 0 Å². The molecule has 2 N–H and O–H groups in total. The van der Waals surface area contributed by atoms with Crippen molar-refractivity contribution in [1.29, 1.82) is 0 Å². The molecule has 0 spiro atoms. The molecule has 1 heterocycles. The zero-order chi connectivity index (χ0) is 11.5. The summed E-state index contributed by atoms with van der Waals surface area (Å²) in [4.78, 5) is 0. The number of nitrogens with one attached hydrogen (secondary N) is 2. The average molecular weight is 283 g/mol. The molecule has 0 radical (unpaired) electrons. The van der Waals surface area contributed by atoms with Gasteiger partial charge in [0.15, 0.2) is 0 Å². The van der Waals surface area contributed by atoms with Gasteiger partial charge < -0.3 is 5.32 Å². The van der Waals surface area contributed by atoms with Crippen LogP contribution in [0.3, 0.4) is 0 Å². The van der Waals surface area contributed by atoms with Gasteiger partial charge in [0.2, 0.25) is 0 Å². The highest BCUT2D eigenvalue weighted by Crippen LogP contribution is 2.22. The van der Waals surface area contributed by atoms with Crippen LogP contribution < -0.4 is 10.0 Å². The Morgan fingerprint density at radius 1 is 1.25 bits per heavy atom. The molecule has 0 amide bonds. The fraction of sp³-hybridized carbons (Fsp3) is 1.00. The average Bonchev–Trinajstić information content (AvgIpc) is 2.15. The number of hydrogen-bond donors (Lipinski definition) is 2. The van der Waals surface area contributed by atoms with E-state index in [-0.39, 0.29) is 24.9 Å². The summed E-state index contributed by atoms with van der Waals surface area (Å²) in [6.45, 7) is 1.31. The first kappa shape index (κ1) is 16.0. The van der Waals surface area contributed by atoms with E-state index in [0.717, 1.165) is 13.1 Å². The van der Waals surface area contributed by atoms with Crippen molar-refractivity contribution in [2.45, 2.75) is 18.3 Å². The summed E-state index contributed by atoms with van der Waals surface area (Å²) in [5.74, 6) is -0.0108. The Morgan fingerprint density at radius 2 is 1.75 bits per heavy atom. The summed E-state index contributed by atoms with van der Waals surface area (Å²) in [5.41, 5.74) is -5.21. The summed E-state index contributed by atoms with van der Waals surface area (Å²) in [6, 6.07) is 0. The van der Waals surface area contributed by atoms with Gasteiger partial charge in [-0.25, -0.2) is 13.1 Å². The smallest absolute Gasteiger partial charge is 0.317 e. The van der Waals surface area contributed by atoms with Gasteiger partial charge in [-0.2, -0.15) is 13.2 Å². The van der Waals surface area contributed by atoms with Crippen LogP contribution in [0.25, 0.3) is 0 Å². The monoisotopic (exact) mass is 282 g/mol. The lowest BCUT2D eigenvalue weighted by Gasteiger charge is -2.22. The molecule has 1 aliphatic heterocycles. The molecule has 4 nitrogen and oxygen atoms in total. The predicted octanol–water partition coefficient (Wildman–Crippen LogP) is 0.847. The SMILES string of the molecule is Cl.O=S(=O)(NCC1CCNCC1)C(F)(F)F. The molecule has 1 saturated heterocycles. The number of piperidine rings is 1. The van der Waals surface area contributed by atoms with E-state index in [1.807, 2.05) is 0 Å². The molecule has 0 aliphatic carbocycles. The Morgan fingerprint density at radius 3 is 2.19 bits per heavy atom. The van der Waals surface area contributed by atoms with Gasteiger partial charge in [-0.05, 0) is 31.8 Å². The first-order valence-electron chi connectivity index (χ1n) is 4.59. The number of rotatable bonds is 3. The van der Waals surface area contributed by atoms with E-state index < -0.39 is 15.5 Å². The van der Waals surface area contributed by atoms with Gasteiger partial charge in [-0.1, -0.05) is 0 Å². The van der Waals surface area contributed by atoms with Crippen LogP contribution in [-0.2, 0) is 10.0 Å². The second-order valence-corrected chi connectivity index (χ2v) is 5.25. The number of sulfonamides is 1. The first-order valence-corrected chi connectivity index (χ1v) is 6.08. The zero-order valence-corrected chi connectivity index (χ0v) is 10.0. The van der Waals surface area contributed by atoms with Crippen molar-refractivity contribution in [2.75, 3.05) is 19.6 Å². The van der Waals surface area contributed by atoms with Crippen molar-refractivity contribution in [3.8, 4) is 0 Å². The second-order valence-electron chi connectivity index (χ2n) is 3.49. The molecule has 0 aromatic carbocycles. The quantitative estimate of drug-likeness (QED) is 0.807. The lowest BCUT2D eigenvalue weighted by Crippen LogP contribution is -2.41. The summed E-state index contributed by atoms with van der Waals surface area (Å²) in [5, 5.41) is 3.04. The Labute approximate surface area is 98.4 Å². The molecule has 16 heavy (non-hydrogen) atoms. The molecule has 0 aromatic heterocycles. The molecule has 0 bridgehead atoms. The molecule has 0 unspecified atom stereocenters. The normalized spacial score (nSPS) is 19.2. The van der Waals surface area contributed by atoms with Crippen LogP contribution in [0.1, 0.15) is 12.8 Å². The van der Waals surface area contributed by atoms with E-state index in [1.54, 1.807) is 4.72 Å². The Balaban J connectivity index is 0.00000225. The molecule has 98 valence electrons. The highest BCUT2D eigenvalue weighted by Gasteiger charge is 2.45. The fourth-order valence-electron chi connectivity index (χ4n) is 1.40. The minimum atomic E-state index is -5.21. The van der Waals surface area contributed by atoms with Gasteiger partial charge in [0.1, 0.15) is 0 Å². The van der Waals surface area contributed by atoms with Crippen molar-refractivity contribution in [3.63, 3.8) is 0 Å². The maximum absolute atomic E-state index is 11.9. The lowest BCUT2D eigenvalue weighted by atomic mass is 9.99. The predicted molar refractivity (Wildman–Crippen MR) is 55.8 cm³/mol. The molecular weight excluding hydrogens is 269 g/mol. The Kier molecular flexibility index (Phi) is 6.02. The van der Waals surface area contributed by atoms with Crippen LogP contribution >= 0.6 is 12.4 Å². The number of halogens is 4. The van der Waals surface area contributed by atoms with Crippen molar-refractivity contribution in [2.24, 2.45) is 5.92 Å². The Bertz CT molecular complexity index is 301. The third-order valence-corrected chi connectivity index (χ3v) is 3.48. The zero-order valence-electron chi connectivity index (χ0n) is 8.38. The largest absolute Gasteiger partial charge is 0.511 e. The van der Waals surface area contributed by atoms with Gasteiger partial charge in [0.05, 0.1) is 0 Å². The van der Waals surface area contributed by atoms with E-state index in [4.69, 9.17) is 0 Å². The van der Waals surface area contributed by atoms with E-state index in [9.17, 15) is 21.6 Å².